The summed E-state index contributed by atoms with van der Waals surface area (Å²) in [5.41, 5.74) is 5.49. The van der Waals surface area contributed by atoms with Crippen LogP contribution in [0.25, 0.3) is 0 Å². The number of hydrogen-bond donors (Lipinski definition) is 3. The van der Waals surface area contributed by atoms with Crippen LogP contribution in [0.1, 0.15) is 6.42 Å². The smallest absolute Gasteiger partial charge is 0.0815 e. The first-order valence-electron chi connectivity index (χ1n) is 2.95. The van der Waals surface area contributed by atoms with Crippen molar-refractivity contribution < 1.29 is 5.11 Å². The Morgan fingerprint density at radius 3 is 2.75 bits per heavy atom. The lowest BCUT2D eigenvalue weighted by molar-refractivity contribution is 0.120. The van der Waals surface area contributed by atoms with Gasteiger partial charge in [0.2, 0.25) is 0 Å². The number of piperidine rings is 1. The van der Waals surface area contributed by atoms with E-state index < -0.39 is 0 Å². The van der Waals surface area contributed by atoms with Crippen molar-refractivity contribution in [3.05, 3.63) is 0 Å². The quantitative estimate of drug-likeness (QED) is 0.367. The van der Waals surface area contributed by atoms with Crippen LogP contribution in [0.4, 0.5) is 0 Å². The first kappa shape index (κ1) is 6.01. The highest BCUT2D eigenvalue weighted by atomic mass is 16.3. The number of β-amino-alcohol motifs (C(OH)–C–C–N with tert-alkyl or cyclic N) is 1. The van der Waals surface area contributed by atoms with Crippen molar-refractivity contribution in [2.45, 2.75) is 18.6 Å². The van der Waals surface area contributed by atoms with Crippen LogP contribution in [0.15, 0.2) is 0 Å². The fraction of sp³-hybridized carbons (Fsp3) is 1.00. The van der Waals surface area contributed by atoms with Gasteiger partial charge in [0.25, 0.3) is 0 Å². The summed E-state index contributed by atoms with van der Waals surface area (Å²) in [6.07, 6.45) is 0.560. The Balaban J connectivity index is 2.28. The summed E-state index contributed by atoms with van der Waals surface area (Å²) in [7, 11) is 0. The number of aliphatic hydroxyl groups excluding tert-OH is 1. The van der Waals surface area contributed by atoms with Crippen molar-refractivity contribution in [2.75, 3.05) is 13.1 Å². The molecule has 0 aliphatic carbocycles. The van der Waals surface area contributed by atoms with E-state index in [0.29, 0.717) is 6.54 Å². The van der Waals surface area contributed by atoms with Crippen LogP contribution in [-0.4, -0.2) is 30.3 Å². The van der Waals surface area contributed by atoms with Crippen LogP contribution in [0.2, 0.25) is 0 Å². The van der Waals surface area contributed by atoms with Crippen molar-refractivity contribution in [1.82, 2.24) is 5.32 Å². The van der Waals surface area contributed by atoms with Gasteiger partial charge < -0.3 is 16.2 Å². The molecule has 0 aromatic carbocycles. The summed E-state index contributed by atoms with van der Waals surface area (Å²) in [6, 6.07) is -0.00347. The zero-order chi connectivity index (χ0) is 5.98. The van der Waals surface area contributed by atoms with Crippen molar-refractivity contribution >= 4 is 0 Å². The lowest BCUT2D eigenvalue weighted by Gasteiger charge is -2.24. The lowest BCUT2D eigenvalue weighted by Crippen LogP contribution is -2.48. The Morgan fingerprint density at radius 1 is 1.62 bits per heavy atom. The van der Waals surface area contributed by atoms with E-state index in [1.807, 2.05) is 0 Å². The summed E-state index contributed by atoms with van der Waals surface area (Å²) in [4.78, 5) is 0. The minimum absolute atomic E-state index is 0.00347. The van der Waals surface area contributed by atoms with E-state index in [1.54, 1.807) is 0 Å². The molecular formula is C5H12N2O. The number of nitrogens with one attached hydrogen (secondary N) is 1. The molecular weight excluding hydrogens is 104 g/mol. The molecule has 4 N–H and O–H groups in total. The second kappa shape index (κ2) is 2.44. The predicted octanol–water partition coefficient (Wildman–Crippen LogP) is -1.33. The van der Waals surface area contributed by atoms with E-state index in [4.69, 9.17) is 10.8 Å². The molecule has 1 fully saturated rings. The Bertz CT molecular complexity index is 66.8. The van der Waals surface area contributed by atoms with E-state index >= 15 is 0 Å². The second-order valence-electron chi connectivity index (χ2n) is 2.22. The molecule has 0 radical (unpaired) electrons. The van der Waals surface area contributed by atoms with E-state index in [-0.39, 0.29) is 12.1 Å². The lowest BCUT2D eigenvalue weighted by atomic mass is 10.1. The zero-order valence-corrected chi connectivity index (χ0v) is 4.80. The molecule has 3 heteroatoms. The molecule has 1 rings (SSSR count). The molecule has 0 aromatic rings. The van der Waals surface area contributed by atoms with Crippen molar-refractivity contribution in [3.8, 4) is 0 Å². The standard InChI is InChI=1S/C5H12N2O/c6-4-1-2-7-3-5(4)8/h4-5,7-8H,1-3,6H2/t4-,5+/m0/s1. The van der Waals surface area contributed by atoms with E-state index in [1.165, 1.54) is 0 Å². The molecule has 8 heavy (non-hydrogen) atoms. The van der Waals surface area contributed by atoms with Crippen molar-refractivity contribution in [3.63, 3.8) is 0 Å². The van der Waals surface area contributed by atoms with Gasteiger partial charge in [-0.1, -0.05) is 0 Å². The maximum absolute atomic E-state index is 8.99. The third-order valence-electron chi connectivity index (χ3n) is 1.50. The maximum Gasteiger partial charge on any atom is 0.0815 e. The Kier molecular flexibility index (Phi) is 1.83. The van der Waals surface area contributed by atoms with Gasteiger partial charge in [-0.25, -0.2) is 0 Å². The monoisotopic (exact) mass is 116 g/mol. The normalized spacial score (nSPS) is 39.8. The molecule has 0 unspecified atom stereocenters. The van der Waals surface area contributed by atoms with Gasteiger partial charge in [-0.3, -0.25) is 0 Å². The molecule has 2 atom stereocenters. The SMILES string of the molecule is N[C@H]1CCNC[C@H]1O. The largest absolute Gasteiger partial charge is 0.390 e. The molecule has 1 aliphatic rings. The highest BCUT2D eigenvalue weighted by molar-refractivity contribution is 4.79. The molecule has 0 bridgehead atoms. The summed E-state index contributed by atoms with van der Waals surface area (Å²) < 4.78 is 0. The fourth-order valence-electron chi connectivity index (χ4n) is 0.862. The number of hydrogen-bond acceptors (Lipinski definition) is 3. The molecule has 48 valence electrons. The Morgan fingerprint density at radius 2 is 2.38 bits per heavy atom. The maximum atomic E-state index is 8.99. The zero-order valence-electron chi connectivity index (χ0n) is 4.80. The highest BCUT2D eigenvalue weighted by Crippen LogP contribution is 1.98. The van der Waals surface area contributed by atoms with Crippen LogP contribution in [0.5, 0.6) is 0 Å². The summed E-state index contributed by atoms with van der Waals surface area (Å²) in [6.45, 7) is 1.60. The van der Waals surface area contributed by atoms with Gasteiger partial charge in [0.1, 0.15) is 0 Å². The summed E-state index contributed by atoms with van der Waals surface area (Å²) in [5, 5.41) is 12.0. The minimum Gasteiger partial charge on any atom is -0.390 e. The molecule has 0 amide bonds. The first-order valence-corrected chi connectivity index (χ1v) is 2.95. The van der Waals surface area contributed by atoms with Crippen molar-refractivity contribution in [2.24, 2.45) is 5.73 Å². The van der Waals surface area contributed by atoms with E-state index in [0.717, 1.165) is 13.0 Å². The molecule has 3 nitrogen and oxygen atoms in total. The van der Waals surface area contributed by atoms with E-state index in [9.17, 15) is 0 Å². The van der Waals surface area contributed by atoms with Gasteiger partial charge in [-0.05, 0) is 13.0 Å². The third kappa shape index (κ3) is 1.18. The van der Waals surface area contributed by atoms with Crippen LogP contribution in [0, 0.1) is 0 Å². The van der Waals surface area contributed by atoms with E-state index in [2.05, 4.69) is 5.32 Å². The van der Waals surface area contributed by atoms with Crippen LogP contribution in [0.3, 0.4) is 0 Å². The molecule has 0 aromatic heterocycles. The molecule has 1 saturated heterocycles. The first-order chi connectivity index (χ1) is 3.80. The third-order valence-corrected chi connectivity index (χ3v) is 1.50. The fourth-order valence-corrected chi connectivity index (χ4v) is 0.862. The van der Waals surface area contributed by atoms with Gasteiger partial charge in [0, 0.05) is 12.6 Å². The number of nitrogens with two attached hydrogens (primary N) is 1. The number of aliphatic hydroxyl groups is 1. The highest BCUT2D eigenvalue weighted by Gasteiger charge is 2.17. The van der Waals surface area contributed by atoms with Crippen LogP contribution < -0.4 is 11.1 Å². The minimum atomic E-state index is -0.330. The molecule has 0 saturated carbocycles. The summed E-state index contributed by atoms with van der Waals surface area (Å²) in [5.74, 6) is 0. The van der Waals surface area contributed by atoms with Crippen LogP contribution in [-0.2, 0) is 0 Å². The molecule has 1 heterocycles. The molecule has 0 spiro atoms. The average molecular weight is 116 g/mol. The van der Waals surface area contributed by atoms with Crippen molar-refractivity contribution in [1.29, 1.82) is 0 Å². The summed E-state index contributed by atoms with van der Waals surface area (Å²) >= 11 is 0. The van der Waals surface area contributed by atoms with Gasteiger partial charge in [0.05, 0.1) is 6.10 Å². The Labute approximate surface area is 48.9 Å². The van der Waals surface area contributed by atoms with Crippen LogP contribution >= 0.6 is 0 Å². The molecule has 1 aliphatic heterocycles. The van der Waals surface area contributed by atoms with Gasteiger partial charge in [-0.2, -0.15) is 0 Å². The Hall–Kier alpha value is -0.120. The van der Waals surface area contributed by atoms with Gasteiger partial charge in [0.15, 0.2) is 0 Å². The average Bonchev–Trinajstić information content (AvgIpc) is 1.77. The second-order valence-corrected chi connectivity index (χ2v) is 2.22. The van der Waals surface area contributed by atoms with Gasteiger partial charge in [-0.15, -0.1) is 0 Å². The van der Waals surface area contributed by atoms with Gasteiger partial charge >= 0.3 is 0 Å². The predicted molar refractivity (Wildman–Crippen MR) is 31.5 cm³/mol. The topological polar surface area (TPSA) is 58.3 Å². The number of rotatable bonds is 0.